The molecule has 2 rings (SSSR count). The zero-order valence-corrected chi connectivity index (χ0v) is 13.0. The first-order chi connectivity index (χ1) is 10.1. The van der Waals surface area contributed by atoms with Gasteiger partial charge in [0.05, 0.1) is 0 Å². The second kappa shape index (κ2) is 7.11. The molecule has 1 aliphatic carbocycles. The van der Waals surface area contributed by atoms with E-state index in [1.165, 1.54) is 7.05 Å². The molecular weight excluding hydrogens is 294 g/mol. The molecule has 1 saturated carbocycles. The lowest BCUT2D eigenvalue weighted by Gasteiger charge is -2.31. The van der Waals surface area contributed by atoms with Crippen LogP contribution in [0.25, 0.3) is 0 Å². The number of rotatable bonds is 4. The molecule has 6 heteroatoms. The molecule has 1 aromatic rings. The predicted molar refractivity (Wildman–Crippen MR) is 82.9 cm³/mol. The number of carbonyl (C=O) groups excluding carboxylic acids is 1. The molecule has 1 aliphatic rings. The number of hydrogen-bond donors (Lipinski definition) is 2. The highest BCUT2D eigenvalue weighted by atomic mass is 32.2. The molecule has 0 heterocycles. The summed E-state index contributed by atoms with van der Waals surface area (Å²) >= 11 is 1.73. The molecule has 0 aliphatic heterocycles. The SMILES string of the molecule is CNc1c(F)cc(C(=O)NC2CCCCC2SC)cc1F. The molecule has 1 aromatic carbocycles. The number of carbonyl (C=O) groups is 1. The van der Waals surface area contributed by atoms with Crippen LogP contribution in [0.3, 0.4) is 0 Å². The van der Waals surface area contributed by atoms with Gasteiger partial charge in [0.2, 0.25) is 0 Å². The molecule has 116 valence electrons. The molecule has 21 heavy (non-hydrogen) atoms. The minimum atomic E-state index is -0.757. The highest BCUT2D eigenvalue weighted by Crippen LogP contribution is 2.27. The number of halogens is 2. The van der Waals surface area contributed by atoms with Gasteiger partial charge in [-0.3, -0.25) is 4.79 Å². The molecular formula is C15H20F2N2OS. The highest BCUT2D eigenvalue weighted by Gasteiger charge is 2.26. The van der Waals surface area contributed by atoms with Crippen LogP contribution in [-0.4, -0.2) is 30.5 Å². The Morgan fingerprint density at radius 3 is 2.43 bits per heavy atom. The summed E-state index contributed by atoms with van der Waals surface area (Å²) in [6, 6.07) is 2.21. The Hall–Kier alpha value is -1.30. The van der Waals surface area contributed by atoms with E-state index in [-0.39, 0.29) is 17.3 Å². The van der Waals surface area contributed by atoms with Gasteiger partial charge in [-0.2, -0.15) is 11.8 Å². The van der Waals surface area contributed by atoms with Crippen molar-refractivity contribution in [3.05, 3.63) is 29.3 Å². The van der Waals surface area contributed by atoms with Crippen molar-refractivity contribution in [2.75, 3.05) is 18.6 Å². The maximum atomic E-state index is 13.7. The zero-order chi connectivity index (χ0) is 15.4. The Labute approximate surface area is 127 Å². The van der Waals surface area contributed by atoms with Gasteiger partial charge in [0.1, 0.15) is 17.3 Å². The van der Waals surface area contributed by atoms with Gasteiger partial charge in [-0.25, -0.2) is 8.78 Å². The van der Waals surface area contributed by atoms with Crippen molar-refractivity contribution in [1.82, 2.24) is 5.32 Å². The van der Waals surface area contributed by atoms with Crippen molar-refractivity contribution < 1.29 is 13.6 Å². The van der Waals surface area contributed by atoms with Crippen LogP contribution in [0.15, 0.2) is 12.1 Å². The lowest BCUT2D eigenvalue weighted by molar-refractivity contribution is 0.0928. The average Bonchev–Trinajstić information content (AvgIpc) is 2.47. The third-order valence-corrected chi connectivity index (χ3v) is 5.05. The van der Waals surface area contributed by atoms with Gasteiger partial charge >= 0.3 is 0 Å². The summed E-state index contributed by atoms with van der Waals surface area (Å²) in [5.74, 6) is -1.93. The summed E-state index contributed by atoms with van der Waals surface area (Å²) in [5.41, 5.74) is -0.194. The molecule has 0 spiro atoms. The van der Waals surface area contributed by atoms with Crippen LogP contribution >= 0.6 is 11.8 Å². The first-order valence-corrected chi connectivity index (χ1v) is 8.36. The van der Waals surface area contributed by atoms with E-state index in [2.05, 4.69) is 10.6 Å². The molecule has 0 radical (unpaired) electrons. The van der Waals surface area contributed by atoms with E-state index in [0.717, 1.165) is 37.8 Å². The van der Waals surface area contributed by atoms with Crippen molar-refractivity contribution in [2.24, 2.45) is 0 Å². The Balaban J connectivity index is 2.13. The summed E-state index contributed by atoms with van der Waals surface area (Å²) in [6.45, 7) is 0. The van der Waals surface area contributed by atoms with E-state index < -0.39 is 17.5 Å². The fourth-order valence-electron chi connectivity index (χ4n) is 2.74. The fraction of sp³-hybridized carbons (Fsp3) is 0.533. The highest BCUT2D eigenvalue weighted by molar-refractivity contribution is 7.99. The quantitative estimate of drug-likeness (QED) is 0.895. The maximum absolute atomic E-state index is 13.7. The van der Waals surface area contributed by atoms with E-state index in [0.29, 0.717) is 5.25 Å². The average molecular weight is 314 g/mol. The van der Waals surface area contributed by atoms with Gasteiger partial charge in [0.25, 0.3) is 5.91 Å². The first-order valence-electron chi connectivity index (χ1n) is 7.07. The van der Waals surface area contributed by atoms with Crippen LogP contribution in [0.4, 0.5) is 14.5 Å². The Morgan fingerprint density at radius 1 is 1.24 bits per heavy atom. The monoisotopic (exact) mass is 314 g/mol. The number of nitrogens with one attached hydrogen (secondary N) is 2. The van der Waals surface area contributed by atoms with Gasteiger partial charge in [-0.1, -0.05) is 12.8 Å². The number of anilines is 1. The number of benzene rings is 1. The van der Waals surface area contributed by atoms with Crippen LogP contribution in [0.2, 0.25) is 0 Å². The third kappa shape index (κ3) is 3.67. The van der Waals surface area contributed by atoms with Crippen LogP contribution < -0.4 is 10.6 Å². The normalized spacial score (nSPS) is 21.9. The van der Waals surface area contributed by atoms with Gasteiger partial charge in [-0.05, 0) is 31.2 Å². The molecule has 1 amide bonds. The summed E-state index contributed by atoms with van der Waals surface area (Å²) in [6.07, 6.45) is 6.24. The number of thioether (sulfide) groups is 1. The van der Waals surface area contributed by atoms with Gasteiger partial charge < -0.3 is 10.6 Å². The standard InChI is InChI=1S/C15H20F2N2OS/c1-18-14-10(16)7-9(8-11(14)17)15(20)19-12-5-3-4-6-13(12)21-2/h7-8,12-13,18H,3-6H2,1-2H3,(H,19,20). The van der Waals surface area contributed by atoms with Crippen LogP contribution in [0.1, 0.15) is 36.0 Å². The number of hydrogen-bond acceptors (Lipinski definition) is 3. The van der Waals surface area contributed by atoms with Crippen LogP contribution in [0.5, 0.6) is 0 Å². The Bertz CT molecular complexity index is 501. The third-order valence-electron chi connectivity index (χ3n) is 3.88. The Morgan fingerprint density at radius 2 is 1.86 bits per heavy atom. The maximum Gasteiger partial charge on any atom is 0.251 e. The molecule has 1 fully saturated rings. The van der Waals surface area contributed by atoms with Crippen molar-refractivity contribution >= 4 is 23.4 Å². The minimum absolute atomic E-state index is 0.0226. The first kappa shape index (κ1) is 16.1. The molecule has 2 unspecified atom stereocenters. The van der Waals surface area contributed by atoms with Gasteiger partial charge in [0.15, 0.2) is 0 Å². The summed E-state index contributed by atoms with van der Waals surface area (Å²) in [4.78, 5) is 12.2. The van der Waals surface area contributed by atoms with E-state index >= 15 is 0 Å². The largest absolute Gasteiger partial charge is 0.383 e. The van der Waals surface area contributed by atoms with Gasteiger partial charge in [0, 0.05) is 23.9 Å². The van der Waals surface area contributed by atoms with Crippen molar-refractivity contribution in [3.8, 4) is 0 Å². The van der Waals surface area contributed by atoms with Crippen LogP contribution in [-0.2, 0) is 0 Å². The second-order valence-corrected chi connectivity index (χ2v) is 6.28. The summed E-state index contributed by atoms with van der Waals surface area (Å²) in [5, 5.41) is 5.73. The lowest BCUT2D eigenvalue weighted by atomic mass is 9.94. The second-order valence-electron chi connectivity index (χ2n) is 5.20. The van der Waals surface area contributed by atoms with E-state index in [1.807, 2.05) is 6.26 Å². The summed E-state index contributed by atoms with van der Waals surface area (Å²) < 4.78 is 27.4. The van der Waals surface area contributed by atoms with E-state index in [9.17, 15) is 13.6 Å². The van der Waals surface area contributed by atoms with Gasteiger partial charge in [-0.15, -0.1) is 0 Å². The minimum Gasteiger partial charge on any atom is -0.383 e. The topological polar surface area (TPSA) is 41.1 Å². The lowest BCUT2D eigenvalue weighted by Crippen LogP contribution is -2.43. The van der Waals surface area contributed by atoms with Crippen LogP contribution in [0, 0.1) is 11.6 Å². The number of amides is 1. The van der Waals surface area contributed by atoms with Crippen molar-refractivity contribution in [2.45, 2.75) is 37.0 Å². The fourth-order valence-corrected chi connectivity index (χ4v) is 3.67. The van der Waals surface area contributed by atoms with Crippen molar-refractivity contribution in [1.29, 1.82) is 0 Å². The predicted octanol–water partition coefficient (Wildman–Crippen LogP) is 3.41. The smallest absolute Gasteiger partial charge is 0.251 e. The molecule has 3 nitrogen and oxygen atoms in total. The summed E-state index contributed by atoms with van der Waals surface area (Å²) in [7, 11) is 1.44. The molecule has 2 atom stereocenters. The Kier molecular flexibility index (Phi) is 5.45. The van der Waals surface area contributed by atoms with Crippen molar-refractivity contribution in [3.63, 3.8) is 0 Å². The zero-order valence-electron chi connectivity index (χ0n) is 12.2. The molecule has 2 N–H and O–H groups in total. The molecule has 0 saturated heterocycles. The molecule has 0 bridgehead atoms. The molecule has 0 aromatic heterocycles. The van der Waals surface area contributed by atoms with E-state index in [4.69, 9.17) is 0 Å². The van der Waals surface area contributed by atoms with E-state index in [1.54, 1.807) is 11.8 Å².